The van der Waals surface area contributed by atoms with Crippen LogP contribution in [0.1, 0.15) is 22.4 Å². The number of hydrogen-bond donors (Lipinski definition) is 0. The number of ether oxygens (including phenoxy) is 1. The van der Waals surface area contributed by atoms with Gasteiger partial charge in [-0.25, -0.2) is 0 Å². The molecule has 0 unspecified atom stereocenters. The van der Waals surface area contributed by atoms with Gasteiger partial charge in [-0.1, -0.05) is 18.2 Å². The Bertz CT molecular complexity index is 1050. The second-order valence-corrected chi connectivity index (χ2v) is 8.41. The number of pyridine rings is 2. The van der Waals surface area contributed by atoms with Crippen LogP contribution < -0.4 is 10.3 Å². The molecule has 5 nitrogen and oxygen atoms in total. The molecule has 6 heteroatoms. The highest BCUT2D eigenvalue weighted by atomic mass is 79.9. The minimum atomic E-state index is -0.0501. The van der Waals surface area contributed by atoms with Gasteiger partial charge in [-0.15, -0.1) is 0 Å². The predicted molar refractivity (Wildman–Crippen MR) is 117 cm³/mol. The molecule has 0 bridgehead atoms. The molecule has 0 amide bonds. The third kappa shape index (κ3) is 5.14. The topological polar surface area (TPSA) is 47.4 Å². The van der Waals surface area contributed by atoms with E-state index in [4.69, 9.17) is 4.74 Å². The molecule has 0 saturated carbocycles. The molecule has 0 radical (unpaired) electrons. The molecule has 1 aliphatic rings. The Morgan fingerprint density at radius 2 is 2.03 bits per heavy atom. The number of aromatic nitrogens is 2. The average Bonchev–Trinajstić information content (AvgIpc) is 2.72. The fourth-order valence-corrected chi connectivity index (χ4v) is 3.80. The zero-order valence-electron chi connectivity index (χ0n) is 16.5. The first-order chi connectivity index (χ1) is 14.1. The van der Waals surface area contributed by atoms with Crippen molar-refractivity contribution < 1.29 is 4.74 Å². The van der Waals surface area contributed by atoms with E-state index >= 15 is 0 Å². The van der Waals surface area contributed by atoms with Crippen LogP contribution in [0.25, 0.3) is 0 Å². The molecule has 0 aliphatic carbocycles. The summed E-state index contributed by atoms with van der Waals surface area (Å²) in [6.45, 7) is 3.12. The summed E-state index contributed by atoms with van der Waals surface area (Å²) in [7, 11) is 2.16. The SMILES string of the molecule is CN1CCc2cc(CCn3ccc(OCc4ccc(Br)cn4)cc3=O)ccc2C1. The number of likely N-dealkylation sites (N-methyl/N-ethyl adjacent to an activating group) is 1. The van der Waals surface area contributed by atoms with Crippen LogP contribution in [-0.2, 0) is 32.5 Å². The standard InChI is InChI=1S/C23H24BrN3O2/c1-26-9-7-18-12-17(2-3-19(18)15-26)6-10-27-11-8-22(13-23(27)28)29-16-21-5-4-20(24)14-25-21/h2-5,8,11-14H,6-7,9-10,15-16H2,1H3. The Kier molecular flexibility index (Phi) is 6.11. The highest BCUT2D eigenvalue weighted by molar-refractivity contribution is 9.10. The summed E-state index contributed by atoms with van der Waals surface area (Å²) in [4.78, 5) is 19.1. The molecular weight excluding hydrogens is 430 g/mol. The van der Waals surface area contributed by atoms with Crippen LogP contribution in [0.15, 0.2) is 64.1 Å². The number of nitrogens with zero attached hydrogens (tertiary/aromatic N) is 3. The molecule has 0 fully saturated rings. The maximum Gasteiger partial charge on any atom is 0.254 e. The van der Waals surface area contributed by atoms with E-state index in [1.165, 1.54) is 16.7 Å². The third-order valence-corrected chi connectivity index (χ3v) is 5.73. The largest absolute Gasteiger partial charge is 0.487 e. The second kappa shape index (κ2) is 8.93. The summed E-state index contributed by atoms with van der Waals surface area (Å²) in [5.41, 5.74) is 4.91. The van der Waals surface area contributed by atoms with Crippen molar-refractivity contribution in [1.29, 1.82) is 0 Å². The van der Waals surface area contributed by atoms with E-state index in [1.54, 1.807) is 23.0 Å². The molecule has 0 saturated heterocycles. The lowest BCUT2D eigenvalue weighted by atomic mass is 9.96. The monoisotopic (exact) mass is 453 g/mol. The molecule has 3 heterocycles. The van der Waals surface area contributed by atoms with Crippen LogP contribution in [0.4, 0.5) is 0 Å². The van der Waals surface area contributed by atoms with Gasteiger partial charge in [0.1, 0.15) is 12.4 Å². The van der Waals surface area contributed by atoms with Gasteiger partial charge < -0.3 is 14.2 Å². The van der Waals surface area contributed by atoms with E-state index in [-0.39, 0.29) is 5.56 Å². The number of benzene rings is 1. The number of aryl methyl sites for hydroxylation is 2. The van der Waals surface area contributed by atoms with E-state index in [0.29, 0.717) is 18.9 Å². The van der Waals surface area contributed by atoms with Gasteiger partial charge in [0.15, 0.2) is 0 Å². The summed E-state index contributed by atoms with van der Waals surface area (Å²) < 4.78 is 8.37. The van der Waals surface area contributed by atoms with Crippen molar-refractivity contribution in [2.24, 2.45) is 0 Å². The Morgan fingerprint density at radius 3 is 2.83 bits per heavy atom. The van der Waals surface area contributed by atoms with E-state index < -0.39 is 0 Å². The predicted octanol–water partition coefficient (Wildman–Crippen LogP) is 3.82. The zero-order valence-corrected chi connectivity index (χ0v) is 18.1. The van der Waals surface area contributed by atoms with Crippen molar-refractivity contribution in [3.63, 3.8) is 0 Å². The van der Waals surface area contributed by atoms with Crippen LogP contribution in [-0.4, -0.2) is 28.0 Å². The van der Waals surface area contributed by atoms with Crippen molar-refractivity contribution in [2.45, 2.75) is 32.5 Å². The van der Waals surface area contributed by atoms with E-state index in [1.807, 2.05) is 18.2 Å². The molecular formula is C23H24BrN3O2. The molecule has 1 aliphatic heterocycles. The van der Waals surface area contributed by atoms with E-state index in [9.17, 15) is 4.79 Å². The molecule has 150 valence electrons. The quantitative estimate of drug-likeness (QED) is 0.569. The maximum atomic E-state index is 12.4. The van der Waals surface area contributed by atoms with Gasteiger partial charge in [-0.2, -0.15) is 0 Å². The van der Waals surface area contributed by atoms with Crippen LogP contribution in [0.2, 0.25) is 0 Å². The van der Waals surface area contributed by atoms with Gasteiger partial charge in [0, 0.05) is 42.6 Å². The van der Waals surface area contributed by atoms with Crippen molar-refractivity contribution in [1.82, 2.24) is 14.5 Å². The Balaban J connectivity index is 1.36. The summed E-state index contributed by atoms with van der Waals surface area (Å²) >= 11 is 3.36. The fourth-order valence-electron chi connectivity index (χ4n) is 3.57. The molecule has 2 aromatic heterocycles. The van der Waals surface area contributed by atoms with Gasteiger partial charge in [0.25, 0.3) is 5.56 Å². The van der Waals surface area contributed by atoms with Gasteiger partial charge >= 0.3 is 0 Å². The summed E-state index contributed by atoms with van der Waals surface area (Å²) in [6.07, 6.45) is 5.47. The average molecular weight is 454 g/mol. The number of rotatable bonds is 6. The van der Waals surface area contributed by atoms with Crippen molar-refractivity contribution in [2.75, 3.05) is 13.6 Å². The first-order valence-electron chi connectivity index (χ1n) is 9.80. The smallest absolute Gasteiger partial charge is 0.254 e. The highest BCUT2D eigenvalue weighted by Gasteiger charge is 2.13. The minimum absolute atomic E-state index is 0.0501. The van der Waals surface area contributed by atoms with Gasteiger partial charge in [-0.3, -0.25) is 9.78 Å². The van der Waals surface area contributed by atoms with Crippen molar-refractivity contribution in [3.8, 4) is 5.75 Å². The second-order valence-electron chi connectivity index (χ2n) is 7.49. The van der Waals surface area contributed by atoms with E-state index in [2.05, 4.69) is 51.1 Å². The van der Waals surface area contributed by atoms with Crippen LogP contribution in [0, 0.1) is 0 Å². The first-order valence-corrected chi connectivity index (χ1v) is 10.6. The van der Waals surface area contributed by atoms with Crippen LogP contribution in [0.3, 0.4) is 0 Å². The normalized spacial score (nSPS) is 13.9. The molecule has 0 N–H and O–H groups in total. The first kappa shape index (κ1) is 19.9. The Morgan fingerprint density at radius 1 is 1.14 bits per heavy atom. The maximum absolute atomic E-state index is 12.4. The van der Waals surface area contributed by atoms with Crippen LogP contribution >= 0.6 is 15.9 Å². The van der Waals surface area contributed by atoms with Gasteiger partial charge in [0.05, 0.1) is 5.69 Å². The molecule has 3 aromatic rings. The minimum Gasteiger partial charge on any atom is -0.487 e. The molecule has 29 heavy (non-hydrogen) atoms. The van der Waals surface area contributed by atoms with E-state index in [0.717, 1.165) is 36.1 Å². The molecule has 4 rings (SSSR count). The third-order valence-electron chi connectivity index (χ3n) is 5.26. The summed E-state index contributed by atoms with van der Waals surface area (Å²) in [5.74, 6) is 0.564. The highest BCUT2D eigenvalue weighted by Crippen LogP contribution is 2.20. The number of hydrogen-bond acceptors (Lipinski definition) is 4. The molecule has 1 aromatic carbocycles. The van der Waals surface area contributed by atoms with Crippen LogP contribution in [0.5, 0.6) is 5.75 Å². The van der Waals surface area contributed by atoms with Crippen molar-refractivity contribution in [3.05, 3.63) is 92.1 Å². The van der Waals surface area contributed by atoms with Gasteiger partial charge in [-0.05, 0) is 70.7 Å². The summed E-state index contributed by atoms with van der Waals surface area (Å²) in [6, 6.07) is 13.9. The molecule has 0 atom stereocenters. The van der Waals surface area contributed by atoms with Gasteiger partial charge in [0.2, 0.25) is 0 Å². The zero-order chi connectivity index (χ0) is 20.2. The fraction of sp³-hybridized carbons (Fsp3) is 0.304. The lowest BCUT2D eigenvalue weighted by molar-refractivity contribution is 0.300. The summed E-state index contributed by atoms with van der Waals surface area (Å²) in [5, 5.41) is 0. The molecule has 0 spiro atoms. The van der Waals surface area contributed by atoms with Crippen molar-refractivity contribution >= 4 is 15.9 Å². The number of fused-ring (bicyclic) bond motifs is 1. The Hall–Kier alpha value is -2.44. The Labute approximate surface area is 179 Å². The lowest BCUT2D eigenvalue weighted by Crippen LogP contribution is -2.26. The lowest BCUT2D eigenvalue weighted by Gasteiger charge is -2.25. The number of halogens is 1.